The number of hydrogen-bond donors (Lipinski definition) is 1. The van der Waals surface area contributed by atoms with Crippen LogP contribution in [0.5, 0.6) is 0 Å². The van der Waals surface area contributed by atoms with Crippen molar-refractivity contribution in [3.05, 3.63) is 30.1 Å². The van der Waals surface area contributed by atoms with Crippen LogP contribution in [0, 0.1) is 5.82 Å². The van der Waals surface area contributed by atoms with Gasteiger partial charge in [0.1, 0.15) is 12.4 Å². The van der Waals surface area contributed by atoms with Gasteiger partial charge in [-0.25, -0.2) is 9.38 Å². The van der Waals surface area contributed by atoms with Crippen LogP contribution >= 0.6 is 11.8 Å². The maximum absolute atomic E-state index is 12.6. The molecule has 1 aliphatic rings. The first kappa shape index (κ1) is 11.3. The van der Waals surface area contributed by atoms with Crippen LogP contribution in [0.3, 0.4) is 0 Å². The maximum Gasteiger partial charge on any atom is 0.282 e. The van der Waals surface area contributed by atoms with Crippen molar-refractivity contribution < 1.29 is 9.13 Å². The molecule has 0 aromatic heterocycles. The zero-order valence-corrected chi connectivity index (χ0v) is 9.54. The highest BCUT2D eigenvalue weighted by atomic mass is 32.2. The molecule has 0 spiro atoms. The summed E-state index contributed by atoms with van der Waals surface area (Å²) in [4.78, 5) is 5.20. The highest BCUT2D eigenvalue weighted by molar-refractivity contribution is 7.99. The summed E-state index contributed by atoms with van der Waals surface area (Å²) in [5.41, 5.74) is 5.40. The molecular formula is C11H13FN2OS. The molecule has 0 aliphatic carbocycles. The number of ether oxygens (including phenoxy) is 1. The normalized spacial score (nSPS) is 19.3. The third-order valence-corrected chi connectivity index (χ3v) is 3.31. The highest BCUT2D eigenvalue weighted by Crippen LogP contribution is 2.20. The van der Waals surface area contributed by atoms with Crippen LogP contribution in [0.2, 0.25) is 0 Å². The maximum atomic E-state index is 12.6. The van der Waals surface area contributed by atoms with Crippen molar-refractivity contribution in [2.24, 2.45) is 10.7 Å². The summed E-state index contributed by atoms with van der Waals surface area (Å²) in [7, 11) is 0. The Labute approximate surface area is 97.9 Å². The number of amidine groups is 1. The molecule has 0 amide bonds. The van der Waals surface area contributed by atoms with Gasteiger partial charge in [0.2, 0.25) is 0 Å². The molecule has 2 N–H and O–H groups in total. The van der Waals surface area contributed by atoms with Crippen LogP contribution in [0.15, 0.2) is 34.2 Å². The fourth-order valence-electron chi connectivity index (χ4n) is 1.43. The number of nitrogens with zero attached hydrogens (tertiary/aromatic N) is 1. The monoisotopic (exact) mass is 240 g/mol. The Balaban J connectivity index is 1.74. The molecule has 5 heteroatoms. The third-order valence-electron chi connectivity index (χ3n) is 2.27. The van der Waals surface area contributed by atoms with E-state index in [0.717, 1.165) is 17.1 Å². The largest absolute Gasteiger partial charge is 0.463 e. The fraction of sp³-hybridized carbons (Fsp3) is 0.364. The van der Waals surface area contributed by atoms with Gasteiger partial charge in [0.05, 0.1) is 6.04 Å². The molecule has 1 aliphatic heterocycles. The van der Waals surface area contributed by atoms with Gasteiger partial charge in [-0.1, -0.05) is 0 Å². The Hall–Kier alpha value is -1.23. The van der Waals surface area contributed by atoms with E-state index < -0.39 is 0 Å². The second-order valence-electron chi connectivity index (χ2n) is 3.52. The summed E-state index contributed by atoms with van der Waals surface area (Å²) in [5.74, 6) is 0.724. The topological polar surface area (TPSA) is 47.6 Å². The van der Waals surface area contributed by atoms with E-state index in [0.29, 0.717) is 6.61 Å². The van der Waals surface area contributed by atoms with Crippen LogP contribution < -0.4 is 5.73 Å². The molecule has 0 fully saturated rings. The Morgan fingerprint density at radius 3 is 2.81 bits per heavy atom. The summed E-state index contributed by atoms with van der Waals surface area (Å²) >= 11 is 1.68. The molecule has 86 valence electrons. The predicted molar refractivity (Wildman–Crippen MR) is 63.1 cm³/mol. The molecule has 16 heavy (non-hydrogen) atoms. The van der Waals surface area contributed by atoms with Crippen molar-refractivity contribution in [3.63, 3.8) is 0 Å². The van der Waals surface area contributed by atoms with E-state index in [1.54, 1.807) is 23.9 Å². The van der Waals surface area contributed by atoms with Gasteiger partial charge in [0, 0.05) is 10.6 Å². The first-order valence-corrected chi connectivity index (χ1v) is 6.07. The summed E-state index contributed by atoms with van der Waals surface area (Å²) in [6.07, 6.45) is 0.919. The van der Waals surface area contributed by atoms with Crippen LogP contribution in [-0.4, -0.2) is 24.4 Å². The van der Waals surface area contributed by atoms with E-state index in [-0.39, 0.29) is 17.9 Å². The SMILES string of the molecule is NC1=NC(CCSc2ccc(F)cc2)CO1. The summed E-state index contributed by atoms with van der Waals surface area (Å²) in [6, 6.07) is 6.96. The van der Waals surface area contributed by atoms with E-state index >= 15 is 0 Å². The fourth-order valence-corrected chi connectivity index (χ4v) is 2.38. The molecule has 2 rings (SSSR count). The zero-order chi connectivity index (χ0) is 11.4. The van der Waals surface area contributed by atoms with E-state index in [9.17, 15) is 4.39 Å². The molecule has 1 heterocycles. The van der Waals surface area contributed by atoms with Gasteiger partial charge >= 0.3 is 0 Å². The molecule has 1 aromatic carbocycles. The summed E-state index contributed by atoms with van der Waals surface area (Å²) in [6.45, 7) is 0.579. The first-order valence-electron chi connectivity index (χ1n) is 5.08. The molecular weight excluding hydrogens is 227 g/mol. The molecule has 0 bridgehead atoms. The van der Waals surface area contributed by atoms with Crippen molar-refractivity contribution in [1.82, 2.24) is 0 Å². The highest BCUT2D eigenvalue weighted by Gasteiger charge is 2.15. The second kappa shape index (κ2) is 5.21. The smallest absolute Gasteiger partial charge is 0.282 e. The van der Waals surface area contributed by atoms with Crippen LogP contribution in [0.25, 0.3) is 0 Å². The van der Waals surface area contributed by atoms with E-state index in [1.807, 2.05) is 0 Å². The van der Waals surface area contributed by atoms with Gasteiger partial charge in [-0.3, -0.25) is 0 Å². The Morgan fingerprint density at radius 1 is 1.44 bits per heavy atom. The van der Waals surface area contributed by atoms with Crippen LogP contribution in [-0.2, 0) is 4.74 Å². The van der Waals surface area contributed by atoms with Crippen LogP contribution in [0.1, 0.15) is 6.42 Å². The summed E-state index contributed by atoms with van der Waals surface area (Å²) < 4.78 is 17.7. The standard InChI is InChI=1S/C11H13FN2OS/c12-8-1-3-10(4-2-8)16-6-5-9-7-15-11(13)14-9/h1-4,9H,5-7H2,(H2,13,14). The lowest BCUT2D eigenvalue weighted by Crippen LogP contribution is -2.10. The summed E-state index contributed by atoms with van der Waals surface area (Å²) in [5, 5.41) is 0. The van der Waals surface area contributed by atoms with Gasteiger partial charge in [0.25, 0.3) is 6.02 Å². The van der Waals surface area contributed by atoms with E-state index in [4.69, 9.17) is 10.5 Å². The molecule has 1 aromatic rings. The van der Waals surface area contributed by atoms with Crippen molar-refractivity contribution in [1.29, 1.82) is 0 Å². The average Bonchev–Trinajstić information content (AvgIpc) is 2.67. The second-order valence-corrected chi connectivity index (χ2v) is 4.69. The van der Waals surface area contributed by atoms with Gasteiger partial charge in [0.15, 0.2) is 0 Å². The minimum atomic E-state index is -0.203. The Bertz CT molecular complexity index is 380. The van der Waals surface area contributed by atoms with Crippen molar-refractivity contribution in [2.45, 2.75) is 17.4 Å². The zero-order valence-electron chi connectivity index (χ0n) is 8.73. The molecule has 0 radical (unpaired) electrons. The number of thioether (sulfide) groups is 1. The lowest BCUT2D eigenvalue weighted by Gasteiger charge is -2.04. The Kier molecular flexibility index (Phi) is 3.66. The minimum Gasteiger partial charge on any atom is -0.463 e. The van der Waals surface area contributed by atoms with Crippen molar-refractivity contribution in [2.75, 3.05) is 12.4 Å². The molecule has 1 unspecified atom stereocenters. The molecule has 0 saturated carbocycles. The quantitative estimate of drug-likeness (QED) is 0.819. The number of benzene rings is 1. The molecule has 1 atom stereocenters. The van der Waals surface area contributed by atoms with Gasteiger partial charge < -0.3 is 10.5 Å². The number of nitrogens with two attached hydrogens (primary N) is 1. The molecule has 0 saturated heterocycles. The van der Waals surface area contributed by atoms with Crippen molar-refractivity contribution in [3.8, 4) is 0 Å². The van der Waals surface area contributed by atoms with E-state index in [2.05, 4.69) is 4.99 Å². The Morgan fingerprint density at radius 2 is 2.19 bits per heavy atom. The lowest BCUT2D eigenvalue weighted by molar-refractivity contribution is 0.311. The first-order chi connectivity index (χ1) is 7.74. The lowest BCUT2D eigenvalue weighted by atomic mass is 10.3. The predicted octanol–water partition coefficient (Wildman–Crippen LogP) is 2.02. The number of rotatable bonds is 4. The van der Waals surface area contributed by atoms with Crippen molar-refractivity contribution >= 4 is 17.8 Å². The van der Waals surface area contributed by atoms with Gasteiger partial charge in [-0.05, 0) is 30.7 Å². The van der Waals surface area contributed by atoms with Crippen LogP contribution in [0.4, 0.5) is 4.39 Å². The number of hydrogen-bond acceptors (Lipinski definition) is 4. The number of aliphatic imine (C=N–C) groups is 1. The minimum absolute atomic E-state index is 0.174. The van der Waals surface area contributed by atoms with E-state index in [1.165, 1.54) is 12.1 Å². The van der Waals surface area contributed by atoms with Gasteiger partial charge in [-0.15, -0.1) is 11.8 Å². The molecule has 3 nitrogen and oxygen atoms in total. The van der Waals surface area contributed by atoms with Gasteiger partial charge in [-0.2, -0.15) is 0 Å². The number of halogens is 1. The third kappa shape index (κ3) is 3.13. The average molecular weight is 240 g/mol.